The van der Waals surface area contributed by atoms with E-state index in [4.69, 9.17) is 0 Å². The Labute approximate surface area is 81.9 Å². The summed E-state index contributed by atoms with van der Waals surface area (Å²) in [5.74, 6) is -0.201. The third-order valence-corrected chi connectivity index (χ3v) is 1.83. The highest BCUT2D eigenvalue weighted by Gasteiger charge is 2.01. The van der Waals surface area contributed by atoms with E-state index < -0.39 is 0 Å². The molecule has 0 saturated heterocycles. The van der Waals surface area contributed by atoms with Crippen molar-refractivity contribution in [2.75, 3.05) is 7.05 Å². The zero-order valence-corrected chi connectivity index (χ0v) is 7.99. The summed E-state index contributed by atoms with van der Waals surface area (Å²) in [7, 11) is 1.53. The SMILES string of the molecule is C=Cc1ccc(=O)n(CC(=O)NC)c1. The van der Waals surface area contributed by atoms with Gasteiger partial charge in [-0.25, -0.2) is 0 Å². The third kappa shape index (κ3) is 2.32. The smallest absolute Gasteiger partial charge is 0.251 e. The van der Waals surface area contributed by atoms with Gasteiger partial charge in [0, 0.05) is 19.3 Å². The van der Waals surface area contributed by atoms with Gasteiger partial charge >= 0.3 is 0 Å². The maximum atomic E-state index is 11.3. The average molecular weight is 192 g/mol. The zero-order valence-electron chi connectivity index (χ0n) is 7.99. The molecule has 1 rings (SSSR count). The highest BCUT2D eigenvalue weighted by molar-refractivity contribution is 5.75. The van der Waals surface area contributed by atoms with Gasteiger partial charge in [0.15, 0.2) is 0 Å². The summed E-state index contributed by atoms with van der Waals surface area (Å²) in [6.45, 7) is 3.62. The van der Waals surface area contributed by atoms with Crippen molar-refractivity contribution >= 4 is 12.0 Å². The normalized spacial score (nSPS) is 9.50. The predicted octanol–water partition coefficient (Wildman–Crippen LogP) is 0.237. The Morgan fingerprint density at radius 3 is 2.93 bits per heavy atom. The zero-order chi connectivity index (χ0) is 10.6. The van der Waals surface area contributed by atoms with Crippen molar-refractivity contribution in [2.24, 2.45) is 0 Å². The summed E-state index contributed by atoms with van der Waals surface area (Å²) >= 11 is 0. The highest BCUT2D eigenvalue weighted by atomic mass is 16.2. The van der Waals surface area contributed by atoms with Crippen molar-refractivity contribution in [3.8, 4) is 0 Å². The molecule has 0 aliphatic rings. The minimum atomic E-state index is -0.201. The lowest BCUT2D eigenvalue weighted by atomic mass is 10.3. The van der Waals surface area contributed by atoms with Crippen molar-refractivity contribution in [2.45, 2.75) is 6.54 Å². The molecule has 14 heavy (non-hydrogen) atoms. The van der Waals surface area contributed by atoms with Gasteiger partial charge in [0.2, 0.25) is 5.91 Å². The Balaban J connectivity index is 3.00. The van der Waals surface area contributed by atoms with Crippen LogP contribution in [0.25, 0.3) is 6.08 Å². The molecule has 0 atom stereocenters. The van der Waals surface area contributed by atoms with Gasteiger partial charge in [0.05, 0.1) is 0 Å². The van der Waals surface area contributed by atoms with Crippen molar-refractivity contribution < 1.29 is 4.79 Å². The van der Waals surface area contributed by atoms with Crippen LogP contribution in [-0.4, -0.2) is 17.5 Å². The van der Waals surface area contributed by atoms with Crippen LogP contribution in [0.4, 0.5) is 0 Å². The number of hydrogen-bond donors (Lipinski definition) is 1. The first kappa shape index (κ1) is 10.2. The van der Waals surface area contributed by atoms with Gasteiger partial charge in [-0.3, -0.25) is 9.59 Å². The van der Waals surface area contributed by atoms with E-state index in [1.165, 1.54) is 17.7 Å². The van der Waals surface area contributed by atoms with E-state index >= 15 is 0 Å². The van der Waals surface area contributed by atoms with Gasteiger partial charge in [-0.15, -0.1) is 0 Å². The number of carbonyl (C=O) groups excluding carboxylic acids is 1. The summed E-state index contributed by atoms with van der Waals surface area (Å²) in [4.78, 5) is 22.3. The molecule has 0 spiro atoms. The molecule has 74 valence electrons. The van der Waals surface area contributed by atoms with Crippen molar-refractivity contribution in [3.05, 3.63) is 40.8 Å². The number of nitrogens with one attached hydrogen (secondary N) is 1. The number of carbonyl (C=O) groups is 1. The van der Waals surface area contributed by atoms with Crippen LogP contribution >= 0.6 is 0 Å². The number of hydrogen-bond acceptors (Lipinski definition) is 2. The van der Waals surface area contributed by atoms with E-state index in [0.29, 0.717) is 0 Å². The number of likely N-dealkylation sites (N-methyl/N-ethyl adjacent to an activating group) is 1. The second kappa shape index (κ2) is 4.41. The first-order valence-electron chi connectivity index (χ1n) is 4.21. The second-order valence-electron chi connectivity index (χ2n) is 2.81. The molecule has 0 bridgehead atoms. The molecule has 0 aliphatic heterocycles. The molecule has 4 heteroatoms. The van der Waals surface area contributed by atoms with Crippen LogP contribution in [0.5, 0.6) is 0 Å². The molecule has 1 aromatic rings. The molecule has 1 N–H and O–H groups in total. The maximum Gasteiger partial charge on any atom is 0.251 e. The lowest BCUT2D eigenvalue weighted by molar-refractivity contribution is -0.121. The quantitative estimate of drug-likeness (QED) is 0.745. The van der Waals surface area contributed by atoms with Crippen LogP contribution in [0, 0.1) is 0 Å². The standard InChI is InChI=1S/C10H12N2O2/c1-3-8-4-5-10(14)12(6-8)7-9(13)11-2/h3-6H,1,7H2,2H3,(H,11,13). The number of nitrogens with zero attached hydrogens (tertiary/aromatic N) is 1. The van der Waals surface area contributed by atoms with Crippen LogP contribution in [0.15, 0.2) is 29.7 Å². The number of amides is 1. The third-order valence-electron chi connectivity index (χ3n) is 1.83. The largest absolute Gasteiger partial charge is 0.358 e. The Kier molecular flexibility index (Phi) is 3.23. The van der Waals surface area contributed by atoms with Crippen LogP contribution in [0.3, 0.4) is 0 Å². The first-order chi connectivity index (χ1) is 6.67. The summed E-state index contributed by atoms with van der Waals surface area (Å²) in [6.07, 6.45) is 3.23. The summed E-state index contributed by atoms with van der Waals surface area (Å²) in [5, 5.41) is 2.45. The second-order valence-corrected chi connectivity index (χ2v) is 2.81. The molecule has 0 saturated carbocycles. The molecular formula is C10H12N2O2. The fraction of sp³-hybridized carbons (Fsp3) is 0.200. The van der Waals surface area contributed by atoms with Crippen LogP contribution in [0.2, 0.25) is 0 Å². The van der Waals surface area contributed by atoms with E-state index in [-0.39, 0.29) is 18.0 Å². The van der Waals surface area contributed by atoms with E-state index in [2.05, 4.69) is 11.9 Å². The molecule has 0 radical (unpaired) electrons. The van der Waals surface area contributed by atoms with E-state index in [1.807, 2.05) is 0 Å². The van der Waals surface area contributed by atoms with Gasteiger partial charge in [-0.2, -0.15) is 0 Å². The fourth-order valence-electron chi connectivity index (χ4n) is 1.03. The Morgan fingerprint density at radius 2 is 2.36 bits per heavy atom. The van der Waals surface area contributed by atoms with Gasteiger partial charge in [-0.05, 0) is 11.6 Å². The van der Waals surface area contributed by atoms with Crippen molar-refractivity contribution in [1.29, 1.82) is 0 Å². The number of aromatic nitrogens is 1. The summed E-state index contributed by atoms with van der Waals surface area (Å²) in [6, 6.07) is 3.08. The minimum absolute atomic E-state index is 0.0387. The molecule has 0 unspecified atom stereocenters. The topological polar surface area (TPSA) is 51.1 Å². The van der Waals surface area contributed by atoms with Crippen molar-refractivity contribution in [3.63, 3.8) is 0 Å². The lowest BCUT2D eigenvalue weighted by Crippen LogP contribution is -2.29. The molecule has 1 heterocycles. The van der Waals surface area contributed by atoms with Gasteiger partial charge in [0.1, 0.15) is 6.54 Å². The molecule has 0 aromatic carbocycles. The Bertz CT molecular complexity index is 407. The molecule has 1 amide bonds. The van der Waals surface area contributed by atoms with Crippen LogP contribution in [-0.2, 0) is 11.3 Å². The molecule has 1 aromatic heterocycles. The molecular weight excluding hydrogens is 180 g/mol. The van der Waals surface area contributed by atoms with Crippen molar-refractivity contribution in [1.82, 2.24) is 9.88 Å². The first-order valence-corrected chi connectivity index (χ1v) is 4.21. The monoisotopic (exact) mass is 192 g/mol. The average Bonchev–Trinajstić information content (AvgIpc) is 2.21. The fourth-order valence-corrected chi connectivity index (χ4v) is 1.03. The molecule has 0 fully saturated rings. The van der Waals surface area contributed by atoms with Gasteiger partial charge < -0.3 is 9.88 Å². The predicted molar refractivity (Wildman–Crippen MR) is 54.9 cm³/mol. The lowest BCUT2D eigenvalue weighted by Gasteiger charge is -2.04. The Hall–Kier alpha value is -1.84. The van der Waals surface area contributed by atoms with Gasteiger partial charge in [-0.1, -0.05) is 12.7 Å². The highest BCUT2D eigenvalue weighted by Crippen LogP contribution is 1.96. The number of rotatable bonds is 3. The van der Waals surface area contributed by atoms with Gasteiger partial charge in [0.25, 0.3) is 5.56 Å². The number of pyridine rings is 1. The Morgan fingerprint density at radius 1 is 1.64 bits per heavy atom. The van der Waals surface area contributed by atoms with E-state index in [1.54, 1.807) is 18.3 Å². The summed E-state index contributed by atoms with van der Waals surface area (Å²) < 4.78 is 1.34. The summed E-state index contributed by atoms with van der Waals surface area (Å²) in [5.41, 5.74) is 0.618. The minimum Gasteiger partial charge on any atom is -0.358 e. The van der Waals surface area contributed by atoms with Crippen LogP contribution in [0.1, 0.15) is 5.56 Å². The van der Waals surface area contributed by atoms with E-state index in [0.717, 1.165) is 5.56 Å². The molecule has 4 nitrogen and oxygen atoms in total. The molecule has 0 aliphatic carbocycles. The maximum absolute atomic E-state index is 11.3. The van der Waals surface area contributed by atoms with E-state index in [9.17, 15) is 9.59 Å². The van der Waals surface area contributed by atoms with Crippen LogP contribution < -0.4 is 10.9 Å².